The second-order valence-corrected chi connectivity index (χ2v) is 8.24. The van der Waals surface area contributed by atoms with Gasteiger partial charge in [-0.05, 0) is 49.4 Å². The van der Waals surface area contributed by atoms with Gasteiger partial charge < -0.3 is 14.8 Å². The van der Waals surface area contributed by atoms with Crippen molar-refractivity contribution in [3.8, 4) is 0 Å². The number of hydrogen-bond donors (Lipinski definition) is 1. The summed E-state index contributed by atoms with van der Waals surface area (Å²) in [6.07, 6.45) is 3.32. The van der Waals surface area contributed by atoms with Crippen LogP contribution in [0.2, 0.25) is 0 Å². The monoisotopic (exact) mass is 426 g/mol. The summed E-state index contributed by atoms with van der Waals surface area (Å²) < 4.78 is 12.1. The number of fused-ring (bicyclic) bond motifs is 1. The maximum absolute atomic E-state index is 12.2. The lowest BCUT2D eigenvalue weighted by Crippen LogP contribution is -2.22. The van der Waals surface area contributed by atoms with E-state index in [9.17, 15) is 4.79 Å². The number of carbonyl (C=O) groups excluding carboxylic acids is 1. The van der Waals surface area contributed by atoms with Crippen LogP contribution in [-0.2, 0) is 33.8 Å². The minimum absolute atomic E-state index is 0.0951. The van der Waals surface area contributed by atoms with Crippen LogP contribution in [-0.4, -0.2) is 30.7 Å². The molecule has 1 N–H and O–H groups in total. The molecule has 6 heteroatoms. The first-order chi connectivity index (χ1) is 14.7. The molecule has 0 aliphatic carbocycles. The number of ether oxygens (including phenoxy) is 2. The molecule has 0 fully saturated rings. The van der Waals surface area contributed by atoms with Gasteiger partial charge in [0, 0.05) is 19.6 Å². The molecule has 0 aliphatic heterocycles. The molecule has 0 unspecified atom stereocenters. The predicted molar refractivity (Wildman–Crippen MR) is 122 cm³/mol. The molecule has 160 valence electrons. The predicted octanol–water partition coefficient (Wildman–Crippen LogP) is 4.88. The quantitative estimate of drug-likeness (QED) is 0.396. The molecule has 2 aromatic carbocycles. The van der Waals surface area contributed by atoms with Crippen LogP contribution in [0.5, 0.6) is 0 Å². The third-order valence-corrected chi connectivity index (χ3v) is 5.80. The third-order valence-electron chi connectivity index (χ3n) is 4.71. The van der Waals surface area contributed by atoms with Crippen LogP contribution in [0.3, 0.4) is 0 Å². The minimum Gasteiger partial charge on any atom is -0.379 e. The molecular formula is C24H30N2O3S. The van der Waals surface area contributed by atoms with Crippen LogP contribution in [0.4, 0.5) is 0 Å². The molecule has 1 amide bonds. The van der Waals surface area contributed by atoms with Gasteiger partial charge in [0.1, 0.15) is 0 Å². The molecule has 1 heterocycles. The Balaban J connectivity index is 1.31. The van der Waals surface area contributed by atoms with E-state index < -0.39 is 0 Å². The summed E-state index contributed by atoms with van der Waals surface area (Å²) in [6.45, 7) is 4.99. The smallest absolute Gasteiger partial charge is 0.220 e. The van der Waals surface area contributed by atoms with Crippen molar-refractivity contribution >= 4 is 27.5 Å². The van der Waals surface area contributed by atoms with Gasteiger partial charge in [-0.3, -0.25) is 4.79 Å². The minimum atomic E-state index is 0.0951. The Morgan fingerprint density at radius 1 is 1.03 bits per heavy atom. The van der Waals surface area contributed by atoms with Gasteiger partial charge in [0.15, 0.2) is 0 Å². The van der Waals surface area contributed by atoms with E-state index in [0.29, 0.717) is 39.4 Å². The lowest BCUT2D eigenvalue weighted by molar-refractivity contribution is -0.121. The maximum atomic E-state index is 12.2. The summed E-state index contributed by atoms with van der Waals surface area (Å²) in [7, 11) is 0. The van der Waals surface area contributed by atoms with Gasteiger partial charge in [0.05, 0.1) is 35.0 Å². The van der Waals surface area contributed by atoms with Crippen molar-refractivity contribution in [3.63, 3.8) is 0 Å². The van der Waals surface area contributed by atoms with Crippen LogP contribution in [0, 0.1) is 0 Å². The molecule has 0 aliphatic rings. The van der Waals surface area contributed by atoms with Crippen molar-refractivity contribution < 1.29 is 14.3 Å². The highest BCUT2D eigenvalue weighted by atomic mass is 32.1. The number of aryl methyl sites for hydroxylation is 1. The fourth-order valence-electron chi connectivity index (χ4n) is 3.16. The van der Waals surface area contributed by atoms with E-state index in [1.807, 2.05) is 43.3 Å². The van der Waals surface area contributed by atoms with E-state index >= 15 is 0 Å². The Hall–Kier alpha value is -2.28. The average Bonchev–Trinajstić information content (AvgIpc) is 3.18. The Bertz CT molecular complexity index is 892. The van der Waals surface area contributed by atoms with Crippen LogP contribution in [0.15, 0.2) is 48.5 Å². The van der Waals surface area contributed by atoms with Crippen molar-refractivity contribution in [2.45, 2.75) is 45.8 Å². The number of benzene rings is 2. The Labute approximate surface area is 182 Å². The Morgan fingerprint density at radius 2 is 1.87 bits per heavy atom. The van der Waals surface area contributed by atoms with Gasteiger partial charge in [0.25, 0.3) is 0 Å². The third kappa shape index (κ3) is 7.52. The fraction of sp³-hybridized carbons (Fsp3) is 0.417. The fourth-order valence-corrected chi connectivity index (χ4v) is 4.17. The van der Waals surface area contributed by atoms with E-state index in [-0.39, 0.29) is 5.91 Å². The van der Waals surface area contributed by atoms with Gasteiger partial charge in [-0.15, -0.1) is 11.3 Å². The average molecular weight is 427 g/mol. The summed E-state index contributed by atoms with van der Waals surface area (Å²) >= 11 is 1.75. The van der Waals surface area contributed by atoms with E-state index in [2.05, 4.69) is 22.4 Å². The zero-order valence-electron chi connectivity index (χ0n) is 17.6. The standard InChI is InChI=1S/C24H30N2O3S/c1-2-28-14-15-29-18-20-9-7-8-19(16-20)17-25-23(27)12-5-6-13-24-26-21-10-3-4-11-22(21)30-24/h3-4,7-11,16H,2,5-6,12-15,17-18H2,1H3,(H,25,27). The number of para-hydroxylation sites is 1. The lowest BCUT2D eigenvalue weighted by Gasteiger charge is -2.08. The van der Waals surface area contributed by atoms with Crippen molar-refractivity contribution in [2.75, 3.05) is 19.8 Å². The number of unbranched alkanes of at least 4 members (excludes halogenated alkanes) is 1. The molecule has 5 nitrogen and oxygen atoms in total. The van der Waals surface area contributed by atoms with Crippen LogP contribution < -0.4 is 5.32 Å². The van der Waals surface area contributed by atoms with Crippen molar-refractivity contribution in [2.24, 2.45) is 0 Å². The summed E-state index contributed by atoms with van der Waals surface area (Å²) in [5.41, 5.74) is 3.26. The Kier molecular flexibility index (Phi) is 9.28. The SMILES string of the molecule is CCOCCOCc1cccc(CNC(=O)CCCCc2nc3ccccc3s2)c1. The summed E-state index contributed by atoms with van der Waals surface area (Å²) in [5, 5.41) is 4.17. The molecule has 0 saturated carbocycles. The summed E-state index contributed by atoms with van der Waals surface area (Å²) in [6, 6.07) is 16.3. The normalized spacial score (nSPS) is 11.1. The van der Waals surface area contributed by atoms with Crippen LogP contribution >= 0.6 is 11.3 Å². The highest BCUT2D eigenvalue weighted by molar-refractivity contribution is 7.18. The number of amides is 1. The van der Waals surface area contributed by atoms with Crippen LogP contribution in [0.1, 0.15) is 42.3 Å². The number of thiazole rings is 1. The first-order valence-corrected chi connectivity index (χ1v) is 11.4. The number of nitrogens with one attached hydrogen (secondary N) is 1. The van der Waals surface area contributed by atoms with E-state index in [1.165, 1.54) is 4.70 Å². The van der Waals surface area contributed by atoms with Gasteiger partial charge in [-0.25, -0.2) is 4.98 Å². The highest BCUT2D eigenvalue weighted by Gasteiger charge is 2.05. The number of rotatable bonds is 13. The van der Waals surface area contributed by atoms with E-state index in [0.717, 1.165) is 40.9 Å². The highest BCUT2D eigenvalue weighted by Crippen LogP contribution is 2.22. The Morgan fingerprint density at radius 3 is 2.73 bits per heavy atom. The van der Waals surface area contributed by atoms with E-state index in [1.54, 1.807) is 11.3 Å². The molecule has 0 atom stereocenters. The van der Waals surface area contributed by atoms with Gasteiger partial charge in [-0.1, -0.05) is 36.4 Å². The maximum Gasteiger partial charge on any atom is 0.220 e. The molecular weight excluding hydrogens is 396 g/mol. The van der Waals surface area contributed by atoms with E-state index in [4.69, 9.17) is 9.47 Å². The first-order valence-electron chi connectivity index (χ1n) is 10.6. The molecule has 0 bridgehead atoms. The van der Waals surface area contributed by atoms with Gasteiger partial charge in [0.2, 0.25) is 5.91 Å². The second kappa shape index (κ2) is 12.4. The second-order valence-electron chi connectivity index (χ2n) is 7.13. The zero-order chi connectivity index (χ0) is 21.0. The first kappa shape index (κ1) is 22.4. The van der Waals surface area contributed by atoms with Gasteiger partial charge in [-0.2, -0.15) is 0 Å². The summed E-state index contributed by atoms with van der Waals surface area (Å²) in [5.74, 6) is 0.0951. The molecule has 30 heavy (non-hydrogen) atoms. The van der Waals surface area contributed by atoms with Crippen molar-refractivity contribution in [1.82, 2.24) is 10.3 Å². The molecule has 3 aromatic rings. The number of carbonyl (C=O) groups is 1. The molecule has 1 aromatic heterocycles. The molecule has 0 saturated heterocycles. The topological polar surface area (TPSA) is 60.5 Å². The number of aromatic nitrogens is 1. The van der Waals surface area contributed by atoms with Crippen molar-refractivity contribution in [1.29, 1.82) is 0 Å². The van der Waals surface area contributed by atoms with Crippen LogP contribution in [0.25, 0.3) is 10.2 Å². The molecule has 3 rings (SSSR count). The van der Waals surface area contributed by atoms with Crippen molar-refractivity contribution in [3.05, 3.63) is 64.7 Å². The number of nitrogens with zero attached hydrogens (tertiary/aromatic N) is 1. The lowest BCUT2D eigenvalue weighted by atomic mass is 10.1. The van der Waals surface area contributed by atoms with Gasteiger partial charge >= 0.3 is 0 Å². The molecule has 0 radical (unpaired) electrons. The summed E-state index contributed by atoms with van der Waals surface area (Å²) in [4.78, 5) is 16.8. The largest absolute Gasteiger partial charge is 0.379 e. The molecule has 0 spiro atoms. The number of hydrogen-bond acceptors (Lipinski definition) is 5. The zero-order valence-corrected chi connectivity index (χ0v) is 18.4.